The molecule has 19 heavy (non-hydrogen) atoms. The molecule has 0 unspecified atom stereocenters. The van der Waals surface area contributed by atoms with Gasteiger partial charge >= 0.3 is 0 Å². The van der Waals surface area contributed by atoms with Crippen LogP contribution in [0, 0.1) is 0 Å². The number of fused-ring (bicyclic) bond motifs is 1. The second-order valence-electron chi connectivity index (χ2n) is 5.41. The van der Waals surface area contributed by atoms with Crippen LogP contribution in [0.4, 0.5) is 0 Å². The zero-order chi connectivity index (χ0) is 13.5. The zero-order valence-electron chi connectivity index (χ0n) is 12.3. The van der Waals surface area contributed by atoms with Crippen LogP contribution < -0.4 is 0 Å². The van der Waals surface area contributed by atoms with Crippen LogP contribution in [-0.4, -0.2) is 9.97 Å². The fourth-order valence-electron chi connectivity index (χ4n) is 2.52. The first-order valence-corrected chi connectivity index (χ1v) is 7.81. The molecule has 1 heterocycles. The fraction of sp³-hybridized carbons (Fsp3) is 0.588. The van der Waals surface area contributed by atoms with Crippen LogP contribution in [0.15, 0.2) is 18.2 Å². The van der Waals surface area contributed by atoms with E-state index in [0.29, 0.717) is 0 Å². The van der Waals surface area contributed by atoms with Crippen molar-refractivity contribution in [3.8, 4) is 0 Å². The normalized spacial score (nSPS) is 11.3. The van der Waals surface area contributed by atoms with Crippen molar-refractivity contribution < 1.29 is 0 Å². The molecule has 0 fully saturated rings. The van der Waals surface area contributed by atoms with E-state index >= 15 is 0 Å². The van der Waals surface area contributed by atoms with Crippen LogP contribution in [0.2, 0.25) is 0 Å². The highest BCUT2D eigenvalue weighted by atomic mass is 14.9. The summed E-state index contributed by atoms with van der Waals surface area (Å²) in [6.07, 6.45) is 10.2. The van der Waals surface area contributed by atoms with Gasteiger partial charge in [0.2, 0.25) is 0 Å². The van der Waals surface area contributed by atoms with Crippen molar-refractivity contribution in [1.29, 1.82) is 0 Å². The molecule has 0 bridgehead atoms. The number of hydrogen-bond acceptors (Lipinski definition) is 1. The lowest BCUT2D eigenvalue weighted by Gasteiger charge is -1.98. The molecular weight excluding hydrogens is 232 g/mol. The molecule has 104 valence electrons. The van der Waals surface area contributed by atoms with Gasteiger partial charge in [0.25, 0.3) is 0 Å². The van der Waals surface area contributed by atoms with Gasteiger partial charge in [0.1, 0.15) is 5.82 Å². The van der Waals surface area contributed by atoms with E-state index in [4.69, 9.17) is 0 Å². The van der Waals surface area contributed by atoms with E-state index < -0.39 is 0 Å². The van der Waals surface area contributed by atoms with Gasteiger partial charge in [-0.2, -0.15) is 0 Å². The molecular formula is C17H26N2. The van der Waals surface area contributed by atoms with Crippen LogP contribution in [0.25, 0.3) is 11.0 Å². The third kappa shape index (κ3) is 4.09. The van der Waals surface area contributed by atoms with Crippen LogP contribution >= 0.6 is 0 Å². The Morgan fingerprint density at radius 1 is 1.00 bits per heavy atom. The lowest BCUT2D eigenvalue weighted by molar-refractivity contribution is 0.602. The first-order chi connectivity index (χ1) is 9.33. The number of unbranched alkanes of at least 4 members (excludes halogenated alkanes) is 5. The summed E-state index contributed by atoms with van der Waals surface area (Å²) in [7, 11) is 0. The SMILES string of the molecule is CCCCCCCCc1nc2ccc(CC)cc2[nH]1. The van der Waals surface area contributed by atoms with E-state index in [9.17, 15) is 0 Å². The van der Waals surface area contributed by atoms with Gasteiger partial charge in [-0.3, -0.25) is 0 Å². The van der Waals surface area contributed by atoms with Crippen LogP contribution in [-0.2, 0) is 12.8 Å². The smallest absolute Gasteiger partial charge is 0.107 e. The Labute approximate surface area is 116 Å². The van der Waals surface area contributed by atoms with Crippen molar-refractivity contribution in [1.82, 2.24) is 9.97 Å². The molecule has 1 N–H and O–H groups in total. The average Bonchev–Trinajstić information content (AvgIpc) is 2.84. The Morgan fingerprint density at radius 3 is 2.58 bits per heavy atom. The first-order valence-electron chi connectivity index (χ1n) is 7.81. The number of aromatic nitrogens is 2. The van der Waals surface area contributed by atoms with Crippen LogP contribution in [0.5, 0.6) is 0 Å². The molecule has 0 radical (unpaired) electrons. The zero-order valence-corrected chi connectivity index (χ0v) is 12.3. The summed E-state index contributed by atoms with van der Waals surface area (Å²) in [5.41, 5.74) is 3.68. The number of imidazole rings is 1. The van der Waals surface area contributed by atoms with Gasteiger partial charge < -0.3 is 4.98 Å². The largest absolute Gasteiger partial charge is 0.342 e. The minimum atomic E-state index is 1.09. The van der Waals surface area contributed by atoms with Crippen molar-refractivity contribution in [3.63, 3.8) is 0 Å². The molecule has 2 nitrogen and oxygen atoms in total. The van der Waals surface area contributed by atoms with Crippen LogP contribution in [0.3, 0.4) is 0 Å². The fourth-order valence-corrected chi connectivity index (χ4v) is 2.52. The minimum Gasteiger partial charge on any atom is -0.342 e. The highest BCUT2D eigenvalue weighted by Crippen LogP contribution is 2.16. The molecule has 1 aromatic carbocycles. The van der Waals surface area contributed by atoms with E-state index in [1.807, 2.05) is 0 Å². The Kier molecular flexibility index (Phi) is 5.44. The van der Waals surface area contributed by atoms with Crippen LogP contribution in [0.1, 0.15) is 63.8 Å². The first kappa shape index (κ1) is 14.1. The summed E-state index contributed by atoms with van der Waals surface area (Å²) in [6, 6.07) is 6.54. The summed E-state index contributed by atoms with van der Waals surface area (Å²) in [6.45, 7) is 4.45. The third-order valence-corrected chi connectivity index (χ3v) is 3.77. The summed E-state index contributed by atoms with van der Waals surface area (Å²) < 4.78 is 0. The van der Waals surface area contributed by atoms with E-state index in [2.05, 4.69) is 42.0 Å². The standard InChI is InChI=1S/C17H26N2/c1-3-5-6-7-8-9-10-17-18-15-12-11-14(4-2)13-16(15)19-17/h11-13H,3-10H2,1-2H3,(H,18,19). The van der Waals surface area contributed by atoms with E-state index in [0.717, 1.165) is 24.2 Å². The predicted molar refractivity (Wildman–Crippen MR) is 82.6 cm³/mol. The van der Waals surface area contributed by atoms with Gasteiger partial charge in [-0.1, -0.05) is 52.0 Å². The number of H-pyrrole nitrogens is 1. The van der Waals surface area contributed by atoms with Crippen molar-refractivity contribution in [2.24, 2.45) is 0 Å². The molecule has 2 aromatic rings. The average molecular weight is 258 g/mol. The van der Waals surface area contributed by atoms with Gasteiger partial charge in [-0.05, 0) is 30.5 Å². The minimum absolute atomic E-state index is 1.09. The predicted octanol–water partition coefficient (Wildman–Crippen LogP) is 5.03. The van der Waals surface area contributed by atoms with E-state index in [-0.39, 0.29) is 0 Å². The Balaban J connectivity index is 1.84. The van der Waals surface area contributed by atoms with Crippen molar-refractivity contribution in [3.05, 3.63) is 29.6 Å². The van der Waals surface area contributed by atoms with Crippen molar-refractivity contribution in [2.75, 3.05) is 0 Å². The monoisotopic (exact) mass is 258 g/mol. The van der Waals surface area contributed by atoms with E-state index in [1.165, 1.54) is 49.6 Å². The quantitative estimate of drug-likeness (QED) is 0.661. The number of rotatable bonds is 8. The lowest BCUT2D eigenvalue weighted by Crippen LogP contribution is -1.88. The number of hydrogen-bond donors (Lipinski definition) is 1. The summed E-state index contributed by atoms with van der Waals surface area (Å²) in [5, 5.41) is 0. The number of benzene rings is 1. The van der Waals surface area contributed by atoms with Gasteiger partial charge in [0.15, 0.2) is 0 Å². The molecule has 2 heteroatoms. The maximum atomic E-state index is 4.67. The van der Waals surface area contributed by atoms with Gasteiger partial charge in [0, 0.05) is 6.42 Å². The highest BCUT2D eigenvalue weighted by molar-refractivity contribution is 5.75. The molecule has 0 amide bonds. The second kappa shape index (κ2) is 7.32. The highest BCUT2D eigenvalue weighted by Gasteiger charge is 2.03. The number of aryl methyl sites for hydroxylation is 2. The molecule has 2 rings (SSSR count). The third-order valence-electron chi connectivity index (χ3n) is 3.77. The molecule has 0 saturated carbocycles. The molecule has 1 aromatic heterocycles. The molecule has 0 aliphatic rings. The van der Waals surface area contributed by atoms with Crippen molar-refractivity contribution in [2.45, 2.75) is 65.2 Å². The van der Waals surface area contributed by atoms with Gasteiger partial charge in [-0.25, -0.2) is 4.98 Å². The lowest BCUT2D eigenvalue weighted by atomic mass is 10.1. The maximum Gasteiger partial charge on any atom is 0.107 e. The Morgan fingerprint density at radius 2 is 1.79 bits per heavy atom. The molecule has 0 aliphatic heterocycles. The molecule has 0 saturated heterocycles. The number of aromatic amines is 1. The summed E-state index contributed by atoms with van der Waals surface area (Å²) >= 11 is 0. The molecule has 0 atom stereocenters. The number of nitrogens with zero attached hydrogens (tertiary/aromatic N) is 1. The van der Waals surface area contributed by atoms with E-state index in [1.54, 1.807) is 0 Å². The summed E-state index contributed by atoms with van der Waals surface area (Å²) in [4.78, 5) is 8.13. The van der Waals surface area contributed by atoms with Gasteiger partial charge in [-0.15, -0.1) is 0 Å². The second-order valence-corrected chi connectivity index (χ2v) is 5.41. The van der Waals surface area contributed by atoms with Crippen molar-refractivity contribution >= 4 is 11.0 Å². The molecule has 0 aliphatic carbocycles. The Bertz CT molecular complexity index is 499. The summed E-state index contributed by atoms with van der Waals surface area (Å²) in [5.74, 6) is 1.15. The maximum absolute atomic E-state index is 4.67. The van der Waals surface area contributed by atoms with Gasteiger partial charge in [0.05, 0.1) is 11.0 Å². The number of nitrogens with one attached hydrogen (secondary N) is 1. The Hall–Kier alpha value is -1.31. The topological polar surface area (TPSA) is 28.7 Å². The molecule has 0 spiro atoms.